The molecule has 142 valence electrons. The van der Waals surface area contributed by atoms with E-state index >= 15 is 0 Å². The summed E-state index contributed by atoms with van der Waals surface area (Å²) in [6.07, 6.45) is 0.652. The molecule has 0 saturated heterocycles. The summed E-state index contributed by atoms with van der Waals surface area (Å²) in [5.41, 5.74) is 1.92. The van der Waals surface area contributed by atoms with E-state index in [1.165, 1.54) is 18.2 Å². The van der Waals surface area contributed by atoms with E-state index in [1.54, 1.807) is 29.2 Å². The predicted octanol–water partition coefficient (Wildman–Crippen LogP) is 3.36. The van der Waals surface area contributed by atoms with Gasteiger partial charge in [0.2, 0.25) is 5.75 Å². The van der Waals surface area contributed by atoms with Crippen molar-refractivity contribution in [1.29, 1.82) is 0 Å². The lowest BCUT2D eigenvalue weighted by atomic mass is 10.1. The summed E-state index contributed by atoms with van der Waals surface area (Å²) in [5.74, 6) is 0.320. The predicted molar refractivity (Wildman–Crippen MR) is 99.4 cm³/mol. The number of hydrogen-bond donors (Lipinski definition) is 1. The monoisotopic (exact) mass is 399 g/mol. The highest BCUT2D eigenvalue weighted by atomic mass is 35.5. The number of halogens is 1. The number of nitro groups is 1. The zero-order chi connectivity index (χ0) is 19.7. The van der Waals surface area contributed by atoms with Crippen LogP contribution in [0.15, 0.2) is 42.5 Å². The molecule has 3 aromatic rings. The number of ether oxygens (including phenoxy) is 1. The normalized spacial score (nSPS) is 13.1. The van der Waals surface area contributed by atoms with E-state index in [9.17, 15) is 14.9 Å². The van der Waals surface area contributed by atoms with Gasteiger partial charge in [-0.1, -0.05) is 11.6 Å². The lowest BCUT2D eigenvalue weighted by Gasteiger charge is -2.25. The topological polar surface area (TPSA) is 114 Å². The molecule has 10 heteroatoms. The maximum absolute atomic E-state index is 12.7. The largest absolute Gasteiger partial charge is 0.450 e. The molecule has 2 aromatic carbocycles. The molecule has 0 bridgehead atoms. The van der Waals surface area contributed by atoms with Gasteiger partial charge in [-0.3, -0.25) is 14.9 Å². The third kappa shape index (κ3) is 3.52. The summed E-state index contributed by atoms with van der Waals surface area (Å²) in [6.45, 7) is 0.966. The quantitative estimate of drug-likeness (QED) is 0.531. The number of nitrogens with zero attached hydrogens (tertiary/aromatic N) is 4. The Balaban J connectivity index is 1.49. The highest BCUT2D eigenvalue weighted by molar-refractivity contribution is 6.30. The van der Waals surface area contributed by atoms with Crippen LogP contribution in [0.25, 0.3) is 0 Å². The van der Waals surface area contributed by atoms with Crippen LogP contribution >= 0.6 is 11.6 Å². The second-order valence-electron chi connectivity index (χ2n) is 6.19. The smallest absolute Gasteiger partial charge is 0.313 e. The summed E-state index contributed by atoms with van der Waals surface area (Å²) in [5, 5.41) is 22.1. The zero-order valence-electron chi connectivity index (χ0n) is 14.5. The third-order valence-electron chi connectivity index (χ3n) is 4.40. The van der Waals surface area contributed by atoms with E-state index in [0.717, 1.165) is 11.4 Å². The average Bonchev–Trinajstić information content (AvgIpc) is 3.17. The second-order valence-corrected chi connectivity index (χ2v) is 6.63. The first-order valence-electron chi connectivity index (χ1n) is 8.41. The van der Waals surface area contributed by atoms with Gasteiger partial charge in [-0.15, -0.1) is 0 Å². The number of carbonyl (C=O) groups excluding carboxylic acids is 1. The Labute approximate surface area is 164 Å². The molecule has 4 rings (SSSR count). The molecule has 0 fully saturated rings. The van der Waals surface area contributed by atoms with Crippen molar-refractivity contribution in [3.63, 3.8) is 0 Å². The highest BCUT2D eigenvalue weighted by Crippen LogP contribution is 2.33. The molecule has 0 aliphatic carbocycles. The molecule has 0 unspecified atom stereocenters. The standard InChI is InChI=1S/C18H14ClN5O4/c19-12-3-6-17(16(9-12)24(26)27)28-13-4-1-11(2-5-13)18(25)23-8-7-14-15(10-23)21-22-20-14/h1-6,9H,7-8,10H2,(H,20,21,22). The van der Waals surface area contributed by atoms with Crippen LogP contribution in [0.4, 0.5) is 5.69 Å². The number of nitro benzene ring substituents is 1. The number of carbonyl (C=O) groups is 1. The lowest BCUT2D eigenvalue weighted by Crippen LogP contribution is -2.36. The fraction of sp³-hybridized carbons (Fsp3) is 0.167. The lowest BCUT2D eigenvalue weighted by molar-refractivity contribution is -0.385. The molecule has 0 spiro atoms. The molecule has 2 heterocycles. The van der Waals surface area contributed by atoms with Crippen molar-refractivity contribution < 1.29 is 14.5 Å². The number of amides is 1. The maximum Gasteiger partial charge on any atom is 0.313 e. The molecule has 0 radical (unpaired) electrons. The van der Waals surface area contributed by atoms with Crippen LogP contribution < -0.4 is 4.74 Å². The number of aromatic nitrogens is 3. The van der Waals surface area contributed by atoms with Gasteiger partial charge in [0.1, 0.15) is 11.4 Å². The van der Waals surface area contributed by atoms with Crippen molar-refractivity contribution in [1.82, 2.24) is 20.3 Å². The molecule has 1 amide bonds. The van der Waals surface area contributed by atoms with Gasteiger partial charge < -0.3 is 9.64 Å². The molecular formula is C18H14ClN5O4. The summed E-state index contributed by atoms with van der Waals surface area (Å²) in [4.78, 5) is 25.0. The molecule has 9 nitrogen and oxygen atoms in total. The Bertz CT molecular complexity index is 1050. The van der Waals surface area contributed by atoms with Crippen molar-refractivity contribution in [3.8, 4) is 11.5 Å². The van der Waals surface area contributed by atoms with Gasteiger partial charge in [-0.2, -0.15) is 15.4 Å². The van der Waals surface area contributed by atoms with Crippen LogP contribution in [-0.2, 0) is 13.0 Å². The zero-order valence-corrected chi connectivity index (χ0v) is 15.2. The highest BCUT2D eigenvalue weighted by Gasteiger charge is 2.24. The van der Waals surface area contributed by atoms with Crippen molar-refractivity contribution in [3.05, 3.63) is 74.6 Å². The summed E-state index contributed by atoms with van der Waals surface area (Å²) >= 11 is 5.81. The average molecular weight is 400 g/mol. The second kappa shape index (κ2) is 7.28. The van der Waals surface area contributed by atoms with E-state index in [-0.39, 0.29) is 22.4 Å². The number of aromatic amines is 1. The Morgan fingerprint density at radius 3 is 2.68 bits per heavy atom. The van der Waals surface area contributed by atoms with Crippen LogP contribution in [0.1, 0.15) is 21.7 Å². The van der Waals surface area contributed by atoms with Crippen molar-refractivity contribution in [2.75, 3.05) is 6.54 Å². The number of fused-ring (bicyclic) bond motifs is 1. The Hall–Kier alpha value is -3.46. The minimum Gasteiger partial charge on any atom is -0.450 e. The van der Waals surface area contributed by atoms with Gasteiger partial charge in [-0.05, 0) is 36.4 Å². The molecule has 28 heavy (non-hydrogen) atoms. The first kappa shape index (κ1) is 17.9. The first-order valence-corrected chi connectivity index (χ1v) is 8.79. The molecule has 1 N–H and O–H groups in total. The molecule has 1 aromatic heterocycles. The maximum atomic E-state index is 12.7. The fourth-order valence-corrected chi connectivity index (χ4v) is 3.14. The van der Waals surface area contributed by atoms with Crippen LogP contribution in [0.2, 0.25) is 5.02 Å². The number of H-pyrrole nitrogens is 1. The third-order valence-corrected chi connectivity index (χ3v) is 4.63. The van der Waals surface area contributed by atoms with Gasteiger partial charge in [0.25, 0.3) is 5.91 Å². The van der Waals surface area contributed by atoms with Crippen LogP contribution in [-0.4, -0.2) is 37.7 Å². The number of rotatable bonds is 4. The van der Waals surface area contributed by atoms with Crippen LogP contribution in [0, 0.1) is 10.1 Å². The molecule has 0 atom stereocenters. The Kier molecular flexibility index (Phi) is 4.66. The van der Waals surface area contributed by atoms with Crippen molar-refractivity contribution >= 4 is 23.2 Å². The number of nitrogens with one attached hydrogen (secondary N) is 1. The van der Waals surface area contributed by atoms with Crippen LogP contribution in [0.5, 0.6) is 11.5 Å². The van der Waals surface area contributed by atoms with Gasteiger partial charge >= 0.3 is 5.69 Å². The van der Waals surface area contributed by atoms with Crippen molar-refractivity contribution in [2.24, 2.45) is 0 Å². The van der Waals surface area contributed by atoms with Gasteiger partial charge in [0, 0.05) is 29.6 Å². The SMILES string of the molecule is O=C(c1ccc(Oc2ccc(Cl)cc2[N+](=O)[O-])cc1)N1CCc2n[nH]nc2C1. The van der Waals surface area contributed by atoms with E-state index < -0.39 is 4.92 Å². The minimum atomic E-state index is -0.562. The Morgan fingerprint density at radius 2 is 1.93 bits per heavy atom. The van der Waals surface area contributed by atoms with E-state index in [2.05, 4.69) is 15.4 Å². The molecular weight excluding hydrogens is 386 g/mol. The number of hydrogen-bond acceptors (Lipinski definition) is 6. The summed E-state index contributed by atoms with van der Waals surface area (Å²) in [6, 6.07) is 10.6. The van der Waals surface area contributed by atoms with E-state index in [1.807, 2.05) is 0 Å². The van der Waals surface area contributed by atoms with E-state index in [0.29, 0.717) is 30.8 Å². The van der Waals surface area contributed by atoms with E-state index in [4.69, 9.17) is 16.3 Å². The molecule has 1 aliphatic heterocycles. The van der Waals surface area contributed by atoms with Crippen molar-refractivity contribution in [2.45, 2.75) is 13.0 Å². The number of benzene rings is 2. The Morgan fingerprint density at radius 1 is 1.18 bits per heavy atom. The first-order chi connectivity index (χ1) is 13.5. The molecule has 1 aliphatic rings. The van der Waals surface area contributed by atoms with Gasteiger partial charge in [0.15, 0.2) is 0 Å². The summed E-state index contributed by atoms with van der Waals surface area (Å²) in [7, 11) is 0. The van der Waals surface area contributed by atoms with Gasteiger partial charge in [0.05, 0.1) is 17.2 Å². The van der Waals surface area contributed by atoms with Crippen LogP contribution in [0.3, 0.4) is 0 Å². The molecule has 0 saturated carbocycles. The summed E-state index contributed by atoms with van der Waals surface area (Å²) < 4.78 is 5.59. The van der Waals surface area contributed by atoms with Gasteiger partial charge in [-0.25, -0.2) is 0 Å². The fourth-order valence-electron chi connectivity index (χ4n) is 2.97. The minimum absolute atomic E-state index is 0.0723.